The molecule has 0 saturated carbocycles. The van der Waals surface area contributed by atoms with Crippen LogP contribution < -0.4 is 5.73 Å². The van der Waals surface area contributed by atoms with Gasteiger partial charge < -0.3 is 10.2 Å². The summed E-state index contributed by atoms with van der Waals surface area (Å²) in [5, 5.41) is 14.8. The number of benzene rings is 5. The molecule has 1 heterocycles. The molecule has 0 aliphatic heterocycles. The fourth-order valence-electron chi connectivity index (χ4n) is 4.30. The third kappa shape index (κ3) is 2.93. The average Bonchev–Trinajstić information content (AvgIpc) is 3.19. The lowest BCUT2D eigenvalue weighted by Gasteiger charge is -2.08. The van der Waals surface area contributed by atoms with Gasteiger partial charge in [0.1, 0.15) is 17.0 Å². The van der Waals surface area contributed by atoms with Gasteiger partial charge >= 0.3 is 0 Å². The first-order valence-electron chi connectivity index (χ1n) is 10.4. The number of para-hydroxylation sites is 1. The summed E-state index contributed by atoms with van der Waals surface area (Å²) in [7, 11) is 0. The Balaban J connectivity index is 1.47. The highest BCUT2D eigenvalue weighted by atomic mass is 16.3. The number of nitrogens with one attached hydrogen (secondary N) is 1. The second-order valence-corrected chi connectivity index (χ2v) is 7.88. The Bertz CT molecular complexity index is 1710. The normalized spacial score (nSPS) is 12.2. The molecule has 0 amide bonds. The Labute approximate surface area is 184 Å². The molecule has 4 nitrogen and oxygen atoms in total. The maximum Gasteiger partial charge on any atom is 0.154 e. The van der Waals surface area contributed by atoms with Gasteiger partial charge in [0.2, 0.25) is 0 Å². The number of hydrogen-bond donors (Lipinski definition) is 2. The summed E-state index contributed by atoms with van der Waals surface area (Å²) < 4.78 is 6.02. The molecular formula is C28H19N3O. The molecule has 0 unspecified atom stereocenters. The minimum absolute atomic E-state index is 0.139. The van der Waals surface area contributed by atoms with Gasteiger partial charge in [-0.2, -0.15) is 0 Å². The van der Waals surface area contributed by atoms with E-state index < -0.39 is 0 Å². The first kappa shape index (κ1) is 18.3. The zero-order chi connectivity index (χ0) is 21.7. The van der Waals surface area contributed by atoms with Crippen LogP contribution in [0.2, 0.25) is 0 Å². The summed E-state index contributed by atoms with van der Waals surface area (Å²) in [5.74, 6) is 0.459. The minimum atomic E-state index is 0.139. The molecule has 152 valence electrons. The van der Waals surface area contributed by atoms with Gasteiger partial charge in [0, 0.05) is 21.9 Å². The first-order chi connectivity index (χ1) is 15.7. The Kier molecular flexibility index (Phi) is 4.05. The van der Waals surface area contributed by atoms with Crippen molar-refractivity contribution < 1.29 is 4.42 Å². The fraction of sp³-hybridized carbons (Fsp3) is 0. The molecule has 6 aromatic rings. The molecule has 0 radical (unpaired) electrons. The molecule has 0 spiro atoms. The van der Waals surface area contributed by atoms with E-state index in [4.69, 9.17) is 15.6 Å². The van der Waals surface area contributed by atoms with E-state index in [1.807, 2.05) is 78.9 Å². The molecule has 0 aliphatic rings. The standard InChI is InChI=1S/C28H19N3O/c29-27(20-13-12-17-6-1-2-7-18(17)14-20)31-28(30)22-10-5-8-19-15-26-24(16-23(19)22)21-9-3-4-11-25(21)32-26/h1-16H,(H3,29,30,31). The van der Waals surface area contributed by atoms with Crippen LogP contribution in [-0.4, -0.2) is 11.7 Å². The van der Waals surface area contributed by atoms with Crippen LogP contribution in [0, 0.1) is 5.41 Å². The zero-order valence-corrected chi connectivity index (χ0v) is 17.2. The second kappa shape index (κ2) is 7.06. The smallest absolute Gasteiger partial charge is 0.154 e. The first-order valence-corrected chi connectivity index (χ1v) is 10.4. The van der Waals surface area contributed by atoms with Gasteiger partial charge in [-0.3, -0.25) is 5.41 Å². The highest BCUT2D eigenvalue weighted by Gasteiger charge is 2.12. The van der Waals surface area contributed by atoms with Gasteiger partial charge in [-0.25, -0.2) is 4.99 Å². The van der Waals surface area contributed by atoms with Gasteiger partial charge in [0.25, 0.3) is 0 Å². The fourth-order valence-corrected chi connectivity index (χ4v) is 4.30. The summed E-state index contributed by atoms with van der Waals surface area (Å²) in [6, 6.07) is 32.1. The second-order valence-electron chi connectivity index (χ2n) is 7.88. The van der Waals surface area contributed by atoms with Crippen molar-refractivity contribution in [1.82, 2.24) is 0 Å². The lowest BCUT2D eigenvalue weighted by molar-refractivity contribution is 0.669. The van der Waals surface area contributed by atoms with Crippen LogP contribution in [0.5, 0.6) is 0 Å². The minimum Gasteiger partial charge on any atom is -0.456 e. The van der Waals surface area contributed by atoms with Crippen molar-refractivity contribution in [2.75, 3.05) is 0 Å². The zero-order valence-electron chi connectivity index (χ0n) is 17.2. The predicted molar refractivity (Wildman–Crippen MR) is 133 cm³/mol. The number of aliphatic imine (C=N–C) groups is 1. The van der Waals surface area contributed by atoms with E-state index in [1.54, 1.807) is 0 Å². The van der Waals surface area contributed by atoms with E-state index in [0.717, 1.165) is 54.6 Å². The molecule has 3 N–H and O–H groups in total. The number of rotatable bonds is 2. The van der Waals surface area contributed by atoms with Gasteiger partial charge in [0.15, 0.2) is 5.84 Å². The molecule has 0 bridgehead atoms. The van der Waals surface area contributed by atoms with E-state index in [2.05, 4.69) is 23.2 Å². The topological polar surface area (TPSA) is 75.4 Å². The largest absolute Gasteiger partial charge is 0.456 e. The van der Waals surface area contributed by atoms with Crippen molar-refractivity contribution in [1.29, 1.82) is 5.41 Å². The van der Waals surface area contributed by atoms with Crippen molar-refractivity contribution >= 4 is 55.2 Å². The van der Waals surface area contributed by atoms with Crippen LogP contribution in [0.4, 0.5) is 0 Å². The summed E-state index contributed by atoms with van der Waals surface area (Å²) in [6.07, 6.45) is 0. The van der Waals surface area contributed by atoms with Crippen molar-refractivity contribution in [2.45, 2.75) is 0 Å². The maximum absolute atomic E-state index is 8.52. The Morgan fingerprint density at radius 2 is 1.44 bits per heavy atom. The number of furan rings is 1. The third-order valence-corrected chi connectivity index (χ3v) is 5.91. The predicted octanol–water partition coefficient (Wildman–Crippen LogP) is 6.62. The Morgan fingerprint density at radius 1 is 0.656 bits per heavy atom. The van der Waals surface area contributed by atoms with Crippen molar-refractivity contribution in [3.05, 3.63) is 108 Å². The third-order valence-electron chi connectivity index (χ3n) is 5.91. The van der Waals surface area contributed by atoms with Crippen LogP contribution in [0.3, 0.4) is 0 Å². The quantitative estimate of drug-likeness (QED) is 0.247. The van der Waals surface area contributed by atoms with Crippen LogP contribution in [0.25, 0.3) is 43.5 Å². The van der Waals surface area contributed by atoms with Crippen molar-refractivity contribution in [2.24, 2.45) is 10.7 Å². The van der Waals surface area contributed by atoms with Crippen LogP contribution in [0.15, 0.2) is 106 Å². The molecule has 0 saturated heterocycles. The number of nitrogens with zero attached hydrogens (tertiary/aromatic N) is 1. The molecule has 0 fully saturated rings. The Morgan fingerprint density at radius 3 is 2.34 bits per heavy atom. The van der Waals surface area contributed by atoms with Crippen LogP contribution in [-0.2, 0) is 0 Å². The molecular weight excluding hydrogens is 394 g/mol. The number of fused-ring (bicyclic) bond motifs is 5. The highest BCUT2D eigenvalue weighted by molar-refractivity contribution is 6.18. The average molecular weight is 413 g/mol. The molecule has 1 aromatic heterocycles. The van der Waals surface area contributed by atoms with E-state index in [9.17, 15) is 0 Å². The van der Waals surface area contributed by atoms with Crippen LogP contribution in [0.1, 0.15) is 11.1 Å². The molecule has 4 heteroatoms. The molecule has 5 aromatic carbocycles. The van der Waals surface area contributed by atoms with Gasteiger partial charge in [-0.05, 0) is 45.8 Å². The monoisotopic (exact) mass is 413 g/mol. The highest BCUT2D eigenvalue weighted by Crippen LogP contribution is 2.33. The summed E-state index contributed by atoms with van der Waals surface area (Å²) in [6.45, 7) is 0. The van der Waals surface area contributed by atoms with Gasteiger partial charge in [-0.1, -0.05) is 72.8 Å². The summed E-state index contributed by atoms with van der Waals surface area (Å²) in [5.41, 5.74) is 9.67. The molecule has 0 aliphatic carbocycles. The SMILES string of the molecule is N=C(/N=C(\N)c1cccc2cc3oc4ccccc4c3cc12)c1ccc2ccccc2c1. The Hall–Kier alpha value is -4.44. The maximum atomic E-state index is 8.52. The number of nitrogens with two attached hydrogens (primary N) is 1. The number of amidine groups is 2. The van der Waals surface area contributed by atoms with Gasteiger partial charge in [0.05, 0.1) is 0 Å². The summed E-state index contributed by atoms with van der Waals surface area (Å²) in [4.78, 5) is 4.46. The van der Waals surface area contributed by atoms with Crippen molar-refractivity contribution in [3.8, 4) is 0 Å². The number of hydrogen-bond acceptors (Lipinski definition) is 2. The van der Waals surface area contributed by atoms with E-state index in [0.29, 0.717) is 5.84 Å². The lowest BCUT2D eigenvalue weighted by atomic mass is 10.0. The molecule has 0 atom stereocenters. The molecule has 32 heavy (non-hydrogen) atoms. The van der Waals surface area contributed by atoms with Gasteiger partial charge in [-0.15, -0.1) is 0 Å². The van der Waals surface area contributed by atoms with E-state index >= 15 is 0 Å². The lowest BCUT2D eigenvalue weighted by Crippen LogP contribution is -2.16. The summed E-state index contributed by atoms with van der Waals surface area (Å²) >= 11 is 0. The molecule has 6 rings (SSSR count). The van der Waals surface area contributed by atoms with Crippen LogP contribution >= 0.6 is 0 Å². The van der Waals surface area contributed by atoms with Crippen molar-refractivity contribution in [3.63, 3.8) is 0 Å². The van der Waals surface area contributed by atoms with E-state index in [-0.39, 0.29) is 5.84 Å². The van der Waals surface area contributed by atoms with E-state index in [1.165, 1.54) is 0 Å².